The first-order valence-electron chi connectivity index (χ1n) is 11.2. The maximum atomic E-state index is 13.1. The average molecular weight is 488 g/mol. The Labute approximate surface area is 199 Å². The molecule has 0 spiro atoms. The largest absolute Gasteiger partial charge is 0.349 e. The smallest absolute Gasteiger partial charge is 0.289 e. The van der Waals surface area contributed by atoms with Crippen molar-refractivity contribution in [1.29, 1.82) is 0 Å². The van der Waals surface area contributed by atoms with Crippen molar-refractivity contribution in [3.05, 3.63) is 54.1 Å². The van der Waals surface area contributed by atoms with Gasteiger partial charge in [0.1, 0.15) is 11.9 Å². The predicted octanol–water partition coefficient (Wildman–Crippen LogP) is 0.529. The van der Waals surface area contributed by atoms with Gasteiger partial charge in [-0.15, -0.1) is 0 Å². The highest BCUT2D eigenvalue weighted by molar-refractivity contribution is 7.89. The molecule has 2 unspecified atom stereocenters. The van der Waals surface area contributed by atoms with Crippen molar-refractivity contribution in [1.82, 2.24) is 25.3 Å². The first-order valence-corrected chi connectivity index (χ1v) is 12.7. The van der Waals surface area contributed by atoms with Crippen LogP contribution in [0.1, 0.15) is 38.2 Å². The van der Waals surface area contributed by atoms with Gasteiger partial charge in [-0.25, -0.2) is 18.4 Å². The van der Waals surface area contributed by atoms with Crippen molar-refractivity contribution in [2.45, 2.75) is 56.5 Å². The molecule has 0 fully saturated rings. The van der Waals surface area contributed by atoms with Crippen LogP contribution in [0.25, 0.3) is 0 Å². The van der Waals surface area contributed by atoms with Gasteiger partial charge in [0.05, 0.1) is 10.9 Å². The number of aryl methyl sites for hydroxylation is 1. The summed E-state index contributed by atoms with van der Waals surface area (Å²) in [7, 11) is -3.97. The third-order valence-electron chi connectivity index (χ3n) is 5.46. The number of sulfonamides is 1. The minimum absolute atomic E-state index is 0.0251. The second-order valence-corrected chi connectivity index (χ2v) is 10.2. The number of Topliss-reactive ketones (excluding diaryl/α,β-unsaturated/α-hetero) is 1. The van der Waals surface area contributed by atoms with E-state index in [2.05, 4.69) is 25.3 Å². The molecule has 2 aromatic rings. The summed E-state index contributed by atoms with van der Waals surface area (Å²) in [5, 5.41) is 5.16. The normalized spacial score (nSPS) is 18.4. The number of aromatic nitrogens is 2. The topological polar surface area (TPSA) is 147 Å². The Balaban J connectivity index is 1.76. The summed E-state index contributed by atoms with van der Waals surface area (Å²) in [6.45, 7) is 3.60. The molecule has 2 heterocycles. The van der Waals surface area contributed by atoms with Crippen LogP contribution < -0.4 is 15.4 Å². The van der Waals surface area contributed by atoms with E-state index in [0.29, 0.717) is 25.1 Å². The number of hydrogen-bond acceptors (Lipinski definition) is 7. The van der Waals surface area contributed by atoms with Gasteiger partial charge in [0.2, 0.25) is 21.7 Å². The highest BCUT2D eigenvalue weighted by atomic mass is 32.2. The fourth-order valence-corrected chi connectivity index (χ4v) is 4.94. The molecule has 2 atom stereocenters. The number of benzene rings is 1. The zero-order chi connectivity index (χ0) is 24.7. The standard InChI is InChI=1S/C23H29N5O5S/c1-15(2)20(28-34(32,33)17-7-4-3-5-8-17)22(30)27-18-9-6-10-19-24-13-11-16(26-19)12-14-25-23(31)21(18)29/h3-5,7-8,11,13,15,18,20,28H,6,9-10,12,14H2,1-2H3,(H,25,31)(H,27,30). The molecule has 1 aliphatic heterocycles. The van der Waals surface area contributed by atoms with Gasteiger partial charge in [-0.05, 0) is 37.0 Å². The van der Waals surface area contributed by atoms with Gasteiger partial charge in [-0.1, -0.05) is 32.0 Å². The number of carbonyl (C=O) groups is 3. The van der Waals surface area contributed by atoms with Crippen molar-refractivity contribution in [3.8, 4) is 0 Å². The maximum absolute atomic E-state index is 13.1. The van der Waals surface area contributed by atoms with E-state index in [1.165, 1.54) is 12.1 Å². The van der Waals surface area contributed by atoms with Crippen molar-refractivity contribution in [2.75, 3.05) is 6.54 Å². The summed E-state index contributed by atoms with van der Waals surface area (Å²) < 4.78 is 28.0. The van der Waals surface area contributed by atoms with Crippen LogP contribution in [0.3, 0.4) is 0 Å². The number of carbonyl (C=O) groups excluding carboxylic acids is 3. The lowest BCUT2D eigenvalue weighted by molar-refractivity contribution is -0.140. The Morgan fingerprint density at radius 3 is 2.56 bits per heavy atom. The molecule has 0 radical (unpaired) electrons. The van der Waals surface area contributed by atoms with E-state index < -0.39 is 45.6 Å². The molecule has 3 N–H and O–H groups in total. The highest BCUT2D eigenvalue weighted by Crippen LogP contribution is 2.13. The van der Waals surface area contributed by atoms with Crippen LogP contribution in [0.15, 0.2) is 47.5 Å². The minimum atomic E-state index is -3.97. The lowest BCUT2D eigenvalue weighted by atomic mass is 10.0. The predicted molar refractivity (Wildman–Crippen MR) is 124 cm³/mol. The Morgan fingerprint density at radius 1 is 1.12 bits per heavy atom. The van der Waals surface area contributed by atoms with Gasteiger partial charge in [0, 0.05) is 31.3 Å². The molecule has 2 amide bonds. The number of nitrogens with one attached hydrogen (secondary N) is 3. The summed E-state index contributed by atoms with van der Waals surface area (Å²) in [6, 6.07) is 7.23. The molecule has 182 valence electrons. The SMILES string of the molecule is CC(C)C(NS(=O)(=O)c1ccccc1)C(=O)NC1CCCc2nccc(n2)CCNC(=O)C1=O. The lowest BCUT2D eigenvalue weighted by Crippen LogP contribution is -2.55. The van der Waals surface area contributed by atoms with Gasteiger partial charge in [0.15, 0.2) is 0 Å². The Hall–Kier alpha value is -3.18. The molecule has 10 nitrogen and oxygen atoms in total. The number of ketones is 1. The zero-order valence-electron chi connectivity index (χ0n) is 19.2. The molecule has 0 saturated heterocycles. The van der Waals surface area contributed by atoms with Crippen LogP contribution in [0.5, 0.6) is 0 Å². The monoisotopic (exact) mass is 487 g/mol. The quantitative estimate of drug-likeness (QED) is 0.504. The van der Waals surface area contributed by atoms with E-state index in [0.717, 1.165) is 5.69 Å². The van der Waals surface area contributed by atoms with E-state index in [1.54, 1.807) is 44.3 Å². The molecule has 1 aliphatic rings. The molecule has 11 heteroatoms. The fraction of sp³-hybridized carbons (Fsp3) is 0.435. The zero-order valence-corrected chi connectivity index (χ0v) is 20.0. The molecule has 0 saturated carbocycles. The van der Waals surface area contributed by atoms with Gasteiger partial charge in [0.25, 0.3) is 5.91 Å². The second-order valence-electron chi connectivity index (χ2n) is 8.44. The van der Waals surface area contributed by atoms with Crippen molar-refractivity contribution < 1.29 is 22.8 Å². The summed E-state index contributed by atoms with van der Waals surface area (Å²) in [6.07, 6.45) is 3.21. The molecule has 1 aromatic carbocycles. The summed E-state index contributed by atoms with van der Waals surface area (Å²) in [5.41, 5.74) is 0.772. The molecular weight excluding hydrogens is 458 g/mol. The molecule has 34 heavy (non-hydrogen) atoms. The summed E-state index contributed by atoms with van der Waals surface area (Å²) in [4.78, 5) is 47.0. The van der Waals surface area contributed by atoms with E-state index in [-0.39, 0.29) is 17.9 Å². The summed E-state index contributed by atoms with van der Waals surface area (Å²) >= 11 is 0. The van der Waals surface area contributed by atoms with Crippen LogP contribution in [-0.2, 0) is 37.2 Å². The average Bonchev–Trinajstić information content (AvgIpc) is 2.81. The van der Waals surface area contributed by atoms with Gasteiger partial charge in [-0.2, -0.15) is 4.72 Å². The van der Waals surface area contributed by atoms with Gasteiger partial charge in [-0.3, -0.25) is 14.4 Å². The third-order valence-corrected chi connectivity index (χ3v) is 6.92. The highest BCUT2D eigenvalue weighted by Gasteiger charge is 2.33. The molecule has 3 rings (SSSR count). The van der Waals surface area contributed by atoms with Crippen molar-refractivity contribution in [2.24, 2.45) is 5.92 Å². The van der Waals surface area contributed by atoms with Crippen LogP contribution in [0.2, 0.25) is 0 Å². The Bertz CT molecular complexity index is 1140. The van der Waals surface area contributed by atoms with Crippen LogP contribution in [-0.4, -0.2) is 54.6 Å². The van der Waals surface area contributed by atoms with Crippen LogP contribution >= 0.6 is 0 Å². The molecule has 0 aliphatic carbocycles. The molecular formula is C23H29N5O5S. The Kier molecular flexibility index (Phi) is 8.46. The van der Waals surface area contributed by atoms with Gasteiger partial charge >= 0.3 is 0 Å². The van der Waals surface area contributed by atoms with Crippen molar-refractivity contribution >= 4 is 27.6 Å². The number of hydrogen-bond donors (Lipinski definition) is 3. The van der Waals surface area contributed by atoms with E-state index >= 15 is 0 Å². The first kappa shape index (κ1) is 25.4. The second kappa shape index (κ2) is 11.3. The summed E-state index contributed by atoms with van der Waals surface area (Å²) in [5.74, 6) is -2.04. The molecule has 1 aromatic heterocycles. The number of rotatable bonds is 6. The van der Waals surface area contributed by atoms with Crippen molar-refractivity contribution in [3.63, 3.8) is 0 Å². The van der Waals surface area contributed by atoms with Gasteiger partial charge < -0.3 is 10.6 Å². The van der Waals surface area contributed by atoms with Crippen LogP contribution in [0, 0.1) is 5.92 Å². The number of nitrogens with zero attached hydrogens (tertiary/aromatic N) is 2. The fourth-order valence-electron chi connectivity index (χ4n) is 3.57. The van der Waals surface area contributed by atoms with E-state index in [9.17, 15) is 22.8 Å². The van der Waals surface area contributed by atoms with E-state index in [4.69, 9.17) is 0 Å². The Morgan fingerprint density at radius 2 is 1.85 bits per heavy atom. The van der Waals surface area contributed by atoms with Crippen LogP contribution in [0.4, 0.5) is 0 Å². The maximum Gasteiger partial charge on any atom is 0.289 e. The number of fused-ring (bicyclic) bond motifs is 2. The molecule has 2 bridgehead atoms. The number of amides is 2. The third kappa shape index (κ3) is 6.67. The van der Waals surface area contributed by atoms with E-state index in [1.807, 2.05) is 0 Å². The minimum Gasteiger partial charge on any atom is -0.349 e. The first-order chi connectivity index (χ1) is 16.2. The lowest BCUT2D eigenvalue weighted by Gasteiger charge is -2.25.